The van der Waals surface area contributed by atoms with Crippen LogP contribution in [0.5, 0.6) is 0 Å². The number of carbonyl (C=O) groups excluding carboxylic acids is 1. The number of anilines is 1. The van der Waals surface area contributed by atoms with Crippen molar-refractivity contribution in [1.82, 2.24) is 4.98 Å². The highest BCUT2D eigenvalue weighted by Gasteiger charge is 2.11. The van der Waals surface area contributed by atoms with Crippen LogP contribution >= 0.6 is 0 Å². The topological polar surface area (TPSA) is 82.2 Å². The van der Waals surface area contributed by atoms with Gasteiger partial charge in [-0.3, -0.25) is 4.79 Å². The van der Waals surface area contributed by atoms with Crippen molar-refractivity contribution in [2.75, 3.05) is 5.32 Å². The van der Waals surface area contributed by atoms with E-state index in [1.54, 1.807) is 18.2 Å². The molecule has 0 spiro atoms. The smallest absolute Gasteiger partial charge is 0.335 e. The van der Waals surface area contributed by atoms with Gasteiger partial charge in [-0.25, -0.2) is 4.79 Å². The molecule has 1 aromatic heterocycles. The number of aryl methyl sites for hydroxylation is 2. The average Bonchev–Trinajstić information content (AvgIpc) is 2.82. The van der Waals surface area contributed by atoms with Gasteiger partial charge >= 0.3 is 5.97 Å². The Kier molecular flexibility index (Phi) is 3.62. The summed E-state index contributed by atoms with van der Waals surface area (Å²) in [6, 6.07) is 11.6. The van der Waals surface area contributed by atoms with Crippen molar-refractivity contribution in [2.45, 2.75) is 13.8 Å². The first-order valence-corrected chi connectivity index (χ1v) is 7.19. The van der Waals surface area contributed by atoms with Crippen molar-refractivity contribution in [2.24, 2.45) is 0 Å². The molecule has 0 fully saturated rings. The number of hydrogen-bond acceptors (Lipinski definition) is 2. The molecular weight excluding hydrogens is 292 g/mol. The zero-order valence-corrected chi connectivity index (χ0v) is 12.8. The maximum absolute atomic E-state index is 12.4. The normalized spacial score (nSPS) is 10.7. The van der Waals surface area contributed by atoms with Crippen LogP contribution in [0.2, 0.25) is 0 Å². The SMILES string of the molecule is Cc1[nH]c2ccc(C(=O)Nc3cccc(C(=O)O)c3)cc2c1C. The first-order valence-electron chi connectivity index (χ1n) is 7.19. The summed E-state index contributed by atoms with van der Waals surface area (Å²) in [5.74, 6) is -1.30. The molecule has 0 atom stereocenters. The quantitative estimate of drug-likeness (QED) is 0.689. The van der Waals surface area contributed by atoms with Gasteiger partial charge < -0.3 is 15.4 Å². The zero-order valence-electron chi connectivity index (χ0n) is 12.8. The number of aromatic amines is 1. The summed E-state index contributed by atoms with van der Waals surface area (Å²) in [6.07, 6.45) is 0. The van der Waals surface area contributed by atoms with Gasteiger partial charge in [-0.1, -0.05) is 6.07 Å². The van der Waals surface area contributed by atoms with Crippen molar-refractivity contribution < 1.29 is 14.7 Å². The minimum absolute atomic E-state index is 0.135. The van der Waals surface area contributed by atoms with Gasteiger partial charge in [0.05, 0.1) is 5.56 Å². The molecule has 3 aromatic rings. The van der Waals surface area contributed by atoms with Crippen LogP contribution in [-0.2, 0) is 0 Å². The molecule has 3 N–H and O–H groups in total. The fourth-order valence-electron chi connectivity index (χ4n) is 2.54. The predicted molar refractivity (Wildman–Crippen MR) is 89.1 cm³/mol. The Morgan fingerprint density at radius 1 is 1.04 bits per heavy atom. The van der Waals surface area contributed by atoms with Gasteiger partial charge in [0.2, 0.25) is 0 Å². The number of fused-ring (bicyclic) bond motifs is 1. The molecule has 0 unspecified atom stereocenters. The van der Waals surface area contributed by atoms with Gasteiger partial charge in [-0.05, 0) is 55.8 Å². The molecule has 1 amide bonds. The van der Waals surface area contributed by atoms with Gasteiger partial charge in [0, 0.05) is 27.8 Å². The van der Waals surface area contributed by atoms with E-state index < -0.39 is 5.97 Å². The Bertz CT molecular complexity index is 925. The van der Waals surface area contributed by atoms with Crippen molar-refractivity contribution >= 4 is 28.5 Å². The maximum Gasteiger partial charge on any atom is 0.335 e. The largest absolute Gasteiger partial charge is 0.478 e. The molecule has 116 valence electrons. The number of nitrogens with one attached hydrogen (secondary N) is 2. The molecule has 5 nitrogen and oxygen atoms in total. The Labute approximate surface area is 133 Å². The number of H-pyrrole nitrogens is 1. The monoisotopic (exact) mass is 308 g/mol. The van der Waals surface area contributed by atoms with Crippen LogP contribution in [-0.4, -0.2) is 22.0 Å². The predicted octanol–water partition coefficient (Wildman–Crippen LogP) is 3.74. The zero-order chi connectivity index (χ0) is 16.6. The van der Waals surface area contributed by atoms with Crippen LogP contribution in [0.4, 0.5) is 5.69 Å². The Morgan fingerprint density at radius 2 is 1.83 bits per heavy atom. The highest BCUT2D eigenvalue weighted by molar-refractivity contribution is 6.07. The van der Waals surface area contributed by atoms with Gasteiger partial charge in [0.15, 0.2) is 0 Å². The van der Waals surface area contributed by atoms with Crippen LogP contribution in [0.3, 0.4) is 0 Å². The molecule has 23 heavy (non-hydrogen) atoms. The number of aromatic carboxylic acids is 1. The van der Waals surface area contributed by atoms with Crippen LogP contribution in [0.25, 0.3) is 10.9 Å². The molecular formula is C18H16N2O3. The lowest BCUT2D eigenvalue weighted by Crippen LogP contribution is -2.12. The van der Waals surface area contributed by atoms with Crippen molar-refractivity contribution in [1.29, 1.82) is 0 Å². The lowest BCUT2D eigenvalue weighted by atomic mass is 10.1. The average molecular weight is 308 g/mol. The minimum atomic E-state index is -1.03. The molecule has 2 aromatic carbocycles. The second kappa shape index (κ2) is 5.61. The molecule has 0 saturated heterocycles. The van der Waals surface area contributed by atoms with E-state index in [1.165, 1.54) is 12.1 Å². The number of hydrogen-bond donors (Lipinski definition) is 3. The van der Waals surface area contributed by atoms with Gasteiger partial charge in [-0.15, -0.1) is 0 Å². The Hall–Kier alpha value is -3.08. The lowest BCUT2D eigenvalue weighted by molar-refractivity contribution is 0.0696. The van der Waals surface area contributed by atoms with E-state index in [1.807, 2.05) is 26.0 Å². The molecule has 3 rings (SSSR count). The highest BCUT2D eigenvalue weighted by Crippen LogP contribution is 2.23. The highest BCUT2D eigenvalue weighted by atomic mass is 16.4. The number of rotatable bonds is 3. The Balaban J connectivity index is 1.90. The minimum Gasteiger partial charge on any atom is -0.478 e. The van der Waals surface area contributed by atoms with E-state index in [9.17, 15) is 9.59 Å². The molecule has 0 aliphatic rings. The number of carboxylic acid groups (broad SMARTS) is 1. The number of amides is 1. The summed E-state index contributed by atoms with van der Waals surface area (Å²) in [5, 5.41) is 12.7. The number of carboxylic acids is 1. The summed E-state index contributed by atoms with van der Waals surface area (Å²) in [5.41, 5.74) is 4.30. The standard InChI is InChI=1S/C18H16N2O3/c1-10-11(2)19-16-7-6-12(9-15(10)16)17(21)20-14-5-3-4-13(8-14)18(22)23/h3-9,19H,1-2H3,(H,20,21)(H,22,23). The summed E-state index contributed by atoms with van der Waals surface area (Å²) < 4.78 is 0. The van der Waals surface area contributed by atoms with Crippen molar-refractivity contribution in [3.63, 3.8) is 0 Å². The third-order valence-corrected chi connectivity index (χ3v) is 3.94. The number of benzene rings is 2. The van der Waals surface area contributed by atoms with E-state index in [0.717, 1.165) is 22.2 Å². The summed E-state index contributed by atoms with van der Waals surface area (Å²) >= 11 is 0. The molecule has 0 bridgehead atoms. The summed E-state index contributed by atoms with van der Waals surface area (Å²) in [7, 11) is 0. The molecule has 5 heteroatoms. The number of carbonyl (C=O) groups is 2. The summed E-state index contributed by atoms with van der Waals surface area (Å²) in [4.78, 5) is 26.6. The number of aromatic nitrogens is 1. The summed E-state index contributed by atoms with van der Waals surface area (Å²) in [6.45, 7) is 4.00. The third kappa shape index (κ3) is 2.81. The fourth-order valence-corrected chi connectivity index (χ4v) is 2.54. The van der Waals surface area contributed by atoms with Crippen LogP contribution < -0.4 is 5.32 Å². The van der Waals surface area contributed by atoms with Gasteiger partial charge in [0.25, 0.3) is 5.91 Å². The van der Waals surface area contributed by atoms with E-state index >= 15 is 0 Å². The fraction of sp³-hybridized carbons (Fsp3) is 0.111. The third-order valence-electron chi connectivity index (χ3n) is 3.94. The molecule has 0 aliphatic carbocycles. The second-order valence-corrected chi connectivity index (χ2v) is 5.48. The molecule has 0 saturated carbocycles. The van der Waals surface area contributed by atoms with Crippen LogP contribution in [0.15, 0.2) is 42.5 Å². The lowest BCUT2D eigenvalue weighted by Gasteiger charge is -2.06. The molecule has 0 aliphatic heterocycles. The maximum atomic E-state index is 12.4. The van der Waals surface area contributed by atoms with Crippen LogP contribution in [0, 0.1) is 13.8 Å². The Morgan fingerprint density at radius 3 is 2.57 bits per heavy atom. The van der Waals surface area contributed by atoms with Gasteiger partial charge in [-0.2, -0.15) is 0 Å². The molecule has 1 heterocycles. The molecule has 0 radical (unpaired) electrons. The van der Waals surface area contributed by atoms with E-state index in [2.05, 4.69) is 10.3 Å². The van der Waals surface area contributed by atoms with E-state index in [0.29, 0.717) is 11.3 Å². The van der Waals surface area contributed by atoms with Crippen molar-refractivity contribution in [3.05, 3.63) is 64.8 Å². The first kappa shape index (κ1) is 14.8. The van der Waals surface area contributed by atoms with Gasteiger partial charge in [0.1, 0.15) is 0 Å². The van der Waals surface area contributed by atoms with Crippen LogP contribution in [0.1, 0.15) is 32.0 Å². The first-order chi connectivity index (χ1) is 11.0. The van der Waals surface area contributed by atoms with Crippen molar-refractivity contribution in [3.8, 4) is 0 Å². The van der Waals surface area contributed by atoms with E-state index in [-0.39, 0.29) is 11.5 Å². The van der Waals surface area contributed by atoms with E-state index in [4.69, 9.17) is 5.11 Å². The second-order valence-electron chi connectivity index (χ2n) is 5.48.